The van der Waals surface area contributed by atoms with Crippen LogP contribution in [0.4, 0.5) is 0 Å². The number of aliphatic hydroxyl groups excluding tert-OH is 1. The molecule has 3 atom stereocenters. The van der Waals surface area contributed by atoms with Crippen LogP contribution in [-0.2, 0) is 0 Å². The Morgan fingerprint density at radius 2 is 2.64 bits per heavy atom. The summed E-state index contributed by atoms with van der Waals surface area (Å²) in [7, 11) is 0. The zero-order valence-corrected chi connectivity index (χ0v) is 7.08. The van der Waals surface area contributed by atoms with Crippen LogP contribution in [0.3, 0.4) is 0 Å². The lowest BCUT2D eigenvalue weighted by Gasteiger charge is -2.36. The third-order valence-corrected chi connectivity index (χ3v) is 3.36. The average Bonchev–Trinajstić information content (AvgIpc) is 2.45. The molecule has 62 valence electrons. The maximum Gasteiger partial charge on any atom is 0.166 e. The zero-order chi connectivity index (χ0) is 7.84. The summed E-state index contributed by atoms with van der Waals surface area (Å²) in [6.07, 6.45) is 1.29. The first-order valence-electron chi connectivity index (χ1n) is 3.65. The fourth-order valence-corrected chi connectivity index (χ4v) is 2.39. The summed E-state index contributed by atoms with van der Waals surface area (Å²) in [5, 5.41) is 13.5. The summed E-state index contributed by atoms with van der Waals surface area (Å²) in [6.45, 7) is 2.04. The lowest BCUT2D eigenvalue weighted by molar-refractivity contribution is 0.00826. The summed E-state index contributed by atoms with van der Waals surface area (Å²) in [6, 6.07) is 0. The Morgan fingerprint density at radius 3 is 3.45 bits per heavy atom. The highest BCUT2D eigenvalue weighted by Gasteiger charge is 2.34. The van der Waals surface area contributed by atoms with Gasteiger partial charge in [0.2, 0.25) is 0 Å². The van der Waals surface area contributed by atoms with E-state index in [-0.39, 0.29) is 11.7 Å². The third kappa shape index (κ3) is 1.08. The van der Waals surface area contributed by atoms with Crippen LogP contribution in [0.15, 0.2) is 5.10 Å². The topological polar surface area (TPSA) is 47.9 Å². The molecule has 0 aliphatic carbocycles. The number of rotatable bonds is 0. The number of thioether (sulfide) groups is 1. The third-order valence-electron chi connectivity index (χ3n) is 1.98. The van der Waals surface area contributed by atoms with Crippen molar-refractivity contribution in [2.45, 2.75) is 18.6 Å². The molecule has 0 aromatic rings. The fraction of sp³-hybridized carbons (Fsp3) is 0.833. The van der Waals surface area contributed by atoms with Gasteiger partial charge in [0.15, 0.2) is 5.50 Å². The van der Waals surface area contributed by atoms with Crippen molar-refractivity contribution in [3.8, 4) is 0 Å². The van der Waals surface area contributed by atoms with Crippen LogP contribution < -0.4 is 5.43 Å². The van der Waals surface area contributed by atoms with Gasteiger partial charge in [-0.1, -0.05) is 6.92 Å². The predicted molar refractivity (Wildman–Crippen MR) is 44.9 cm³/mol. The lowest BCUT2D eigenvalue weighted by Crippen LogP contribution is -2.49. The highest BCUT2D eigenvalue weighted by molar-refractivity contribution is 7.99. The van der Waals surface area contributed by atoms with Gasteiger partial charge in [0.1, 0.15) is 12.6 Å². The van der Waals surface area contributed by atoms with E-state index in [0.29, 0.717) is 5.92 Å². The van der Waals surface area contributed by atoms with E-state index in [2.05, 4.69) is 10.5 Å². The van der Waals surface area contributed by atoms with Crippen molar-refractivity contribution in [1.82, 2.24) is 10.3 Å². The van der Waals surface area contributed by atoms with E-state index < -0.39 is 0 Å². The van der Waals surface area contributed by atoms with Gasteiger partial charge in [0, 0.05) is 11.7 Å². The van der Waals surface area contributed by atoms with Crippen LogP contribution in [-0.4, -0.2) is 33.8 Å². The van der Waals surface area contributed by atoms with Crippen molar-refractivity contribution in [3.05, 3.63) is 0 Å². The number of nitrogens with one attached hydrogen (secondary N) is 1. The standard InChI is InChI=1S/C6H11N3OS/c1-4-2-11-6-8-7-3-9(6)5(4)10/h3-6,8,10H,2H2,1H3. The van der Waals surface area contributed by atoms with E-state index in [1.807, 2.05) is 11.8 Å². The molecule has 1 saturated heterocycles. The van der Waals surface area contributed by atoms with E-state index in [4.69, 9.17) is 0 Å². The molecule has 2 N–H and O–H groups in total. The monoisotopic (exact) mass is 173 g/mol. The first kappa shape index (κ1) is 7.24. The Labute approximate surface area is 69.6 Å². The summed E-state index contributed by atoms with van der Waals surface area (Å²) < 4.78 is 0. The molecule has 3 unspecified atom stereocenters. The van der Waals surface area contributed by atoms with Crippen molar-refractivity contribution in [3.63, 3.8) is 0 Å². The number of nitrogens with zero attached hydrogens (tertiary/aromatic N) is 2. The van der Waals surface area contributed by atoms with E-state index in [1.54, 1.807) is 18.1 Å². The first-order valence-corrected chi connectivity index (χ1v) is 4.70. The summed E-state index contributed by atoms with van der Waals surface area (Å²) in [4.78, 5) is 1.85. The minimum absolute atomic E-state index is 0.154. The van der Waals surface area contributed by atoms with Gasteiger partial charge >= 0.3 is 0 Å². The predicted octanol–water partition coefficient (Wildman–Crippen LogP) is -0.180. The van der Waals surface area contributed by atoms with Crippen molar-refractivity contribution in [2.24, 2.45) is 11.0 Å². The molecule has 2 rings (SSSR count). The maximum absolute atomic E-state index is 9.63. The zero-order valence-electron chi connectivity index (χ0n) is 6.27. The Hall–Kier alpha value is -0.420. The van der Waals surface area contributed by atoms with Gasteiger partial charge in [-0.25, -0.2) is 0 Å². The van der Waals surface area contributed by atoms with Crippen molar-refractivity contribution in [1.29, 1.82) is 0 Å². The Kier molecular flexibility index (Phi) is 1.69. The van der Waals surface area contributed by atoms with Crippen LogP contribution in [0.25, 0.3) is 0 Å². The van der Waals surface area contributed by atoms with Gasteiger partial charge in [-0.05, 0) is 0 Å². The number of hydrogen-bond acceptors (Lipinski definition) is 5. The Balaban J connectivity index is 2.11. The van der Waals surface area contributed by atoms with Crippen molar-refractivity contribution >= 4 is 18.1 Å². The summed E-state index contributed by atoms with van der Waals surface area (Å²) in [5.74, 6) is 1.31. The molecule has 0 aromatic heterocycles. The van der Waals surface area contributed by atoms with E-state index in [1.165, 1.54) is 0 Å². The molecule has 0 saturated carbocycles. The van der Waals surface area contributed by atoms with Crippen LogP contribution in [0, 0.1) is 5.92 Å². The molecule has 0 aromatic carbocycles. The van der Waals surface area contributed by atoms with Gasteiger partial charge in [-0.3, -0.25) is 5.43 Å². The van der Waals surface area contributed by atoms with Gasteiger partial charge < -0.3 is 10.0 Å². The molecule has 4 nitrogen and oxygen atoms in total. The molecule has 0 spiro atoms. The summed E-state index contributed by atoms with van der Waals surface area (Å²) in [5.41, 5.74) is 3.06. The SMILES string of the molecule is CC1CSC2NN=CN2C1O. The number of hydrazone groups is 1. The van der Waals surface area contributed by atoms with E-state index >= 15 is 0 Å². The van der Waals surface area contributed by atoms with Gasteiger partial charge in [0.25, 0.3) is 0 Å². The molecule has 2 aliphatic rings. The van der Waals surface area contributed by atoms with Gasteiger partial charge in [0.05, 0.1) is 0 Å². The van der Waals surface area contributed by atoms with Crippen LogP contribution in [0.5, 0.6) is 0 Å². The Morgan fingerprint density at radius 1 is 1.82 bits per heavy atom. The number of fused-ring (bicyclic) bond motifs is 1. The smallest absolute Gasteiger partial charge is 0.166 e. The van der Waals surface area contributed by atoms with E-state index in [9.17, 15) is 5.11 Å². The molecular weight excluding hydrogens is 162 g/mol. The number of hydrogen-bond donors (Lipinski definition) is 2. The highest BCUT2D eigenvalue weighted by Crippen LogP contribution is 2.29. The second kappa shape index (κ2) is 2.57. The average molecular weight is 173 g/mol. The van der Waals surface area contributed by atoms with Gasteiger partial charge in [-0.2, -0.15) is 5.10 Å². The molecule has 0 amide bonds. The fourth-order valence-electron chi connectivity index (χ4n) is 1.24. The van der Waals surface area contributed by atoms with Crippen LogP contribution in [0.1, 0.15) is 6.92 Å². The molecule has 2 heterocycles. The van der Waals surface area contributed by atoms with Crippen molar-refractivity contribution < 1.29 is 5.11 Å². The second-order valence-electron chi connectivity index (χ2n) is 2.90. The first-order chi connectivity index (χ1) is 5.29. The molecule has 11 heavy (non-hydrogen) atoms. The molecule has 1 fully saturated rings. The highest BCUT2D eigenvalue weighted by atomic mass is 32.2. The van der Waals surface area contributed by atoms with Crippen LogP contribution in [0.2, 0.25) is 0 Å². The Bertz CT molecular complexity index is 187. The quantitative estimate of drug-likeness (QED) is 0.533. The van der Waals surface area contributed by atoms with Crippen molar-refractivity contribution in [2.75, 3.05) is 5.75 Å². The maximum atomic E-state index is 9.63. The molecule has 0 radical (unpaired) electrons. The number of aliphatic hydroxyl groups is 1. The minimum atomic E-state index is -0.375. The largest absolute Gasteiger partial charge is 0.373 e. The van der Waals surface area contributed by atoms with Gasteiger partial charge in [-0.15, -0.1) is 11.8 Å². The minimum Gasteiger partial charge on any atom is -0.373 e. The molecular formula is C6H11N3OS. The molecule has 5 heteroatoms. The second-order valence-corrected chi connectivity index (χ2v) is 4.01. The summed E-state index contributed by atoms with van der Waals surface area (Å²) >= 11 is 1.78. The lowest BCUT2D eigenvalue weighted by atomic mass is 10.2. The van der Waals surface area contributed by atoms with E-state index in [0.717, 1.165) is 5.75 Å². The van der Waals surface area contributed by atoms with Crippen LogP contribution >= 0.6 is 11.8 Å². The molecule has 0 bridgehead atoms. The normalized spacial score (nSPS) is 42.0. The molecule has 2 aliphatic heterocycles.